The van der Waals surface area contributed by atoms with Gasteiger partial charge in [0.15, 0.2) is 0 Å². The number of amides is 2. The summed E-state index contributed by atoms with van der Waals surface area (Å²) in [6, 6.07) is 7.15. The van der Waals surface area contributed by atoms with Gasteiger partial charge in [-0.3, -0.25) is 9.59 Å². The van der Waals surface area contributed by atoms with Gasteiger partial charge in [0.05, 0.1) is 10.7 Å². The van der Waals surface area contributed by atoms with E-state index in [1.165, 1.54) is 30.3 Å². The monoisotopic (exact) mass is 343 g/mol. The van der Waals surface area contributed by atoms with E-state index in [4.69, 9.17) is 0 Å². The van der Waals surface area contributed by atoms with Crippen molar-refractivity contribution in [1.29, 1.82) is 0 Å². The molecule has 1 aliphatic rings. The molecule has 0 unspecified atom stereocenters. The second-order valence-corrected chi connectivity index (χ2v) is 7.16. The average Bonchev–Trinajstić information content (AvgIpc) is 2.95. The first-order chi connectivity index (χ1) is 11.6. The topological polar surface area (TPSA) is 71.1 Å². The van der Waals surface area contributed by atoms with Crippen LogP contribution in [0, 0.1) is 0 Å². The molecule has 1 heterocycles. The van der Waals surface area contributed by atoms with E-state index in [0.717, 1.165) is 17.8 Å². The van der Waals surface area contributed by atoms with Crippen molar-refractivity contribution in [2.24, 2.45) is 0 Å². The fraction of sp³-hybridized carbons (Fsp3) is 0.389. The van der Waals surface area contributed by atoms with Crippen molar-refractivity contribution in [1.82, 2.24) is 4.98 Å². The lowest BCUT2D eigenvalue weighted by Crippen LogP contribution is -2.13. The zero-order chi connectivity index (χ0) is 16.9. The number of fused-ring (bicyclic) bond motifs is 1. The molecule has 0 saturated heterocycles. The van der Waals surface area contributed by atoms with Crippen LogP contribution in [0.3, 0.4) is 0 Å². The van der Waals surface area contributed by atoms with E-state index in [1.807, 2.05) is 6.07 Å². The van der Waals surface area contributed by atoms with Gasteiger partial charge in [-0.25, -0.2) is 4.98 Å². The summed E-state index contributed by atoms with van der Waals surface area (Å²) in [6.07, 6.45) is 5.77. The van der Waals surface area contributed by atoms with Crippen LogP contribution in [-0.2, 0) is 28.9 Å². The van der Waals surface area contributed by atoms with Crippen LogP contribution in [0.1, 0.15) is 41.8 Å². The summed E-state index contributed by atoms with van der Waals surface area (Å²) in [7, 11) is 0. The Hall–Kier alpha value is -2.21. The lowest BCUT2D eigenvalue weighted by atomic mass is 10.0. The minimum atomic E-state index is -0.133. The van der Waals surface area contributed by atoms with Crippen LogP contribution in [0.25, 0.3) is 0 Å². The third-order valence-corrected chi connectivity index (χ3v) is 5.14. The van der Waals surface area contributed by atoms with Crippen molar-refractivity contribution in [2.75, 3.05) is 10.6 Å². The van der Waals surface area contributed by atoms with Crippen LogP contribution in [-0.4, -0.2) is 16.8 Å². The van der Waals surface area contributed by atoms with Crippen LogP contribution >= 0.6 is 11.3 Å². The molecule has 5 nitrogen and oxygen atoms in total. The summed E-state index contributed by atoms with van der Waals surface area (Å²) >= 11 is 1.75. The van der Waals surface area contributed by atoms with Crippen molar-refractivity contribution < 1.29 is 9.59 Å². The smallest absolute Gasteiger partial charge is 0.224 e. The fourth-order valence-corrected chi connectivity index (χ4v) is 3.99. The molecule has 0 saturated carbocycles. The Bertz CT molecular complexity index is 731. The predicted octanol–water partition coefficient (Wildman–Crippen LogP) is 3.55. The zero-order valence-electron chi connectivity index (χ0n) is 13.7. The van der Waals surface area contributed by atoms with Gasteiger partial charge in [0.2, 0.25) is 11.8 Å². The molecule has 6 heteroatoms. The minimum Gasteiger partial charge on any atom is -0.326 e. The van der Waals surface area contributed by atoms with Gasteiger partial charge < -0.3 is 10.6 Å². The Morgan fingerprint density at radius 3 is 2.67 bits per heavy atom. The van der Waals surface area contributed by atoms with Gasteiger partial charge in [0.25, 0.3) is 0 Å². The Kier molecular flexibility index (Phi) is 5.25. The van der Waals surface area contributed by atoms with Crippen molar-refractivity contribution >= 4 is 34.5 Å². The number of carbonyl (C=O) groups is 2. The van der Waals surface area contributed by atoms with E-state index >= 15 is 0 Å². The van der Waals surface area contributed by atoms with E-state index in [1.54, 1.807) is 29.5 Å². The van der Waals surface area contributed by atoms with Gasteiger partial charge in [-0.15, -0.1) is 11.3 Å². The largest absolute Gasteiger partial charge is 0.326 e. The molecule has 1 aromatic heterocycles. The molecule has 0 radical (unpaired) electrons. The molecular weight excluding hydrogens is 322 g/mol. The number of rotatable bonds is 5. The van der Waals surface area contributed by atoms with E-state index in [2.05, 4.69) is 15.6 Å². The lowest BCUT2D eigenvalue weighted by molar-refractivity contribution is -0.116. The molecule has 24 heavy (non-hydrogen) atoms. The number of aromatic nitrogens is 1. The van der Waals surface area contributed by atoms with E-state index in [9.17, 15) is 9.59 Å². The molecule has 0 fully saturated rings. The number of anilines is 2. The van der Waals surface area contributed by atoms with Crippen LogP contribution in [0.4, 0.5) is 11.4 Å². The van der Waals surface area contributed by atoms with E-state index in [-0.39, 0.29) is 11.8 Å². The van der Waals surface area contributed by atoms with Crippen molar-refractivity contribution in [3.8, 4) is 0 Å². The SMILES string of the molecule is CC(=O)Nc1cccc(NC(=O)CCc2nc3c(s2)CCCC3)c1. The van der Waals surface area contributed by atoms with Gasteiger partial charge in [0, 0.05) is 36.0 Å². The van der Waals surface area contributed by atoms with E-state index < -0.39 is 0 Å². The molecule has 1 aliphatic carbocycles. The maximum atomic E-state index is 12.1. The van der Waals surface area contributed by atoms with Crippen molar-refractivity contribution in [3.63, 3.8) is 0 Å². The summed E-state index contributed by atoms with van der Waals surface area (Å²) in [5, 5.41) is 6.64. The maximum absolute atomic E-state index is 12.1. The number of hydrogen-bond donors (Lipinski definition) is 2. The third-order valence-electron chi connectivity index (χ3n) is 3.92. The van der Waals surface area contributed by atoms with Crippen LogP contribution in [0.2, 0.25) is 0 Å². The van der Waals surface area contributed by atoms with Crippen LogP contribution in [0.5, 0.6) is 0 Å². The number of carbonyl (C=O) groups excluding carboxylic acids is 2. The minimum absolute atomic E-state index is 0.0388. The Morgan fingerprint density at radius 1 is 1.17 bits per heavy atom. The predicted molar refractivity (Wildman–Crippen MR) is 96.5 cm³/mol. The molecule has 0 atom stereocenters. The number of hydrogen-bond acceptors (Lipinski definition) is 4. The van der Waals surface area contributed by atoms with Crippen LogP contribution < -0.4 is 10.6 Å². The Labute approximate surface area is 145 Å². The number of nitrogens with one attached hydrogen (secondary N) is 2. The summed E-state index contributed by atoms with van der Waals surface area (Å²) in [4.78, 5) is 29.3. The molecule has 3 rings (SSSR count). The highest BCUT2D eigenvalue weighted by Crippen LogP contribution is 2.27. The maximum Gasteiger partial charge on any atom is 0.224 e. The summed E-state index contributed by atoms with van der Waals surface area (Å²) < 4.78 is 0. The molecular formula is C18H21N3O2S. The molecule has 0 spiro atoms. The lowest BCUT2D eigenvalue weighted by Gasteiger charge is -2.07. The normalized spacial score (nSPS) is 13.2. The van der Waals surface area contributed by atoms with Gasteiger partial charge >= 0.3 is 0 Å². The first kappa shape index (κ1) is 16.6. The molecule has 0 aliphatic heterocycles. The molecule has 126 valence electrons. The average molecular weight is 343 g/mol. The number of thiazole rings is 1. The highest BCUT2D eigenvalue weighted by molar-refractivity contribution is 7.11. The van der Waals surface area contributed by atoms with Gasteiger partial charge in [-0.2, -0.15) is 0 Å². The quantitative estimate of drug-likeness (QED) is 0.872. The Morgan fingerprint density at radius 2 is 1.92 bits per heavy atom. The standard InChI is InChI=1S/C18H21N3O2S/c1-12(22)19-13-5-4-6-14(11-13)20-17(23)9-10-18-21-15-7-2-3-8-16(15)24-18/h4-6,11H,2-3,7-10H2,1H3,(H,19,22)(H,20,23). The second kappa shape index (κ2) is 7.57. The highest BCUT2D eigenvalue weighted by Gasteiger charge is 2.15. The number of aryl methyl sites for hydroxylation is 3. The number of benzene rings is 1. The van der Waals surface area contributed by atoms with Crippen molar-refractivity contribution in [3.05, 3.63) is 39.8 Å². The Balaban J connectivity index is 1.54. The van der Waals surface area contributed by atoms with Gasteiger partial charge in [-0.1, -0.05) is 6.07 Å². The molecule has 2 N–H and O–H groups in total. The first-order valence-corrected chi connectivity index (χ1v) is 9.07. The molecule has 0 bridgehead atoms. The molecule has 1 aromatic carbocycles. The van der Waals surface area contributed by atoms with Crippen molar-refractivity contribution in [2.45, 2.75) is 45.4 Å². The third kappa shape index (κ3) is 4.41. The fourth-order valence-electron chi connectivity index (χ4n) is 2.83. The van der Waals surface area contributed by atoms with Gasteiger partial charge in [0.1, 0.15) is 0 Å². The molecule has 2 aromatic rings. The highest BCUT2D eigenvalue weighted by atomic mass is 32.1. The van der Waals surface area contributed by atoms with Gasteiger partial charge in [-0.05, 0) is 43.9 Å². The number of nitrogens with zero attached hydrogens (tertiary/aromatic N) is 1. The summed E-state index contributed by atoms with van der Waals surface area (Å²) in [6.45, 7) is 1.46. The summed E-state index contributed by atoms with van der Waals surface area (Å²) in [5.41, 5.74) is 2.60. The summed E-state index contributed by atoms with van der Waals surface area (Å²) in [5.74, 6) is -0.172. The zero-order valence-corrected chi connectivity index (χ0v) is 14.5. The van der Waals surface area contributed by atoms with Crippen LogP contribution in [0.15, 0.2) is 24.3 Å². The first-order valence-electron chi connectivity index (χ1n) is 8.25. The second-order valence-electron chi connectivity index (χ2n) is 5.99. The molecule has 2 amide bonds. The van der Waals surface area contributed by atoms with E-state index in [0.29, 0.717) is 24.2 Å².